The number of nitrogens with zero attached hydrogens (tertiary/aromatic N) is 1. The topological polar surface area (TPSA) is 59.4 Å². The molecule has 17 heavy (non-hydrogen) atoms. The first kappa shape index (κ1) is 11.9. The Bertz CT molecular complexity index is 576. The molecule has 0 fully saturated rings. The Morgan fingerprint density at radius 2 is 2.18 bits per heavy atom. The number of fused-ring (bicyclic) bond motifs is 1. The maximum absolute atomic E-state index is 10.8. The SMILES string of the molecule is Cc1cc(C)c2c(OC(C)C(=O)O)nsc2c1. The third-order valence-corrected chi connectivity index (χ3v) is 3.30. The second kappa shape index (κ2) is 4.33. The fraction of sp³-hybridized carbons (Fsp3) is 0.333. The number of aliphatic carboxylic acids is 1. The molecule has 1 atom stereocenters. The molecule has 90 valence electrons. The Balaban J connectivity index is 2.46. The fourth-order valence-corrected chi connectivity index (χ4v) is 2.60. The highest BCUT2D eigenvalue weighted by Crippen LogP contribution is 2.32. The van der Waals surface area contributed by atoms with Gasteiger partial charge < -0.3 is 9.84 Å². The molecule has 0 saturated carbocycles. The Morgan fingerprint density at radius 1 is 1.47 bits per heavy atom. The molecule has 1 unspecified atom stereocenters. The van der Waals surface area contributed by atoms with Crippen molar-refractivity contribution in [3.05, 3.63) is 23.3 Å². The van der Waals surface area contributed by atoms with E-state index in [2.05, 4.69) is 4.37 Å². The standard InChI is InChI=1S/C12H13NO3S/c1-6-4-7(2)10-9(5-6)17-13-11(10)16-8(3)12(14)15/h4-5,8H,1-3H3,(H,14,15). The van der Waals surface area contributed by atoms with E-state index in [0.717, 1.165) is 21.2 Å². The van der Waals surface area contributed by atoms with Gasteiger partial charge >= 0.3 is 5.97 Å². The number of hydrogen-bond acceptors (Lipinski definition) is 4. The number of carbonyl (C=O) groups is 1. The molecule has 2 aromatic rings. The van der Waals surface area contributed by atoms with Crippen LogP contribution in [0.3, 0.4) is 0 Å². The van der Waals surface area contributed by atoms with Crippen LogP contribution in [0.15, 0.2) is 12.1 Å². The van der Waals surface area contributed by atoms with Crippen LogP contribution in [0.25, 0.3) is 10.1 Å². The van der Waals surface area contributed by atoms with E-state index in [9.17, 15) is 4.79 Å². The molecule has 0 aliphatic heterocycles. The molecule has 0 saturated heterocycles. The summed E-state index contributed by atoms with van der Waals surface area (Å²) >= 11 is 1.33. The molecule has 0 radical (unpaired) electrons. The third-order valence-electron chi connectivity index (χ3n) is 2.52. The molecule has 0 spiro atoms. The van der Waals surface area contributed by atoms with Crippen molar-refractivity contribution < 1.29 is 14.6 Å². The summed E-state index contributed by atoms with van der Waals surface area (Å²) in [5.74, 6) is -0.576. The maximum Gasteiger partial charge on any atom is 0.344 e. The van der Waals surface area contributed by atoms with Crippen LogP contribution in [0.2, 0.25) is 0 Å². The predicted molar refractivity (Wildman–Crippen MR) is 66.8 cm³/mol. The highest BCUT2D eigenvalue weighted by molar-refractivity contribution is 7.13. The summed E-state index contributed by atoms with van der Waals surface area (Å²) in [6.07, 6.45) is -0.888. The zero-order chi connectivity index (χ0) is 12.6. The minimum atomic E-state index is -0.990. The van der Waals surface area contributed by atoms with Gasteiger partial charge in [0.2, 0.25) is 5.88 Å². The van der Waals surface area contributed by atoms with Crippen LogP contribution >= 0.6 is 11.5 Å². The summed E-state index contributed by atoms with van der Waals surface area (Å²) in [7, 11) is 0. The largest absolute Gasteiger partial charge is 0.479 e. The second-order valence-electron chi connectivity index (χ2n) is 4.04. The Hall–Kier alpha value is -1.62. The monoisotopic (exact) mass is 251 g/mol. The Morgan fingerprint density at radius 3 is 2.82 bits per heavy atom. The van der Waals surface area contributed by atoms with Gasteiger partial charge in [-0.15, -0.1) is 0 Å². The molecule has 4 nitrogen and oxygen atoms in total. The molecular formula is C12H13NO3S. The van der Waals surface area contributed by atoms with Gasteiger partial charge in [-0.2, -0.15) is 4.37 Å². The second-order valence-corrected chi connectivity index (χ2v) is 4.85. The molecule has 5 heteroatoms. The molecule has 0 amide bonds. The minimum Gasteiger partial charge on any atom is -0.479 e. The van der Waals surface area contributed by atoms with Gasteiger partial charge in [0.25, 0.3) is 0 Å². The van der Waals surface area contributed by atoms with E-state index in [4.69, 9.17) is 9.84 Å². The van der Waals surface area contributed by atoms with Gasteiger partial charge in [0.05, 0.1) is 10.1 Å². The molecule has 0 aliphatic rings. The number of aromatic nitrogens is 1. The Labute approximate surface area is 103 Å². The zero-order valence-electron chi connectivity index (χ0n) is 9.85. The lowest BCUT2D eigenvalue weighted by molar-refractivity contribution is -0.144. The normalized spacial score (nSPS) is 12.6. The zero-order valence-corrected chi connectivity index (χ0v) is 10.7. The number of aryl methyl sites for hydroxylation is 2. The smallest absolute Gasteiger partial charge is 0.344 e. The van der Waals surface area contributed by atoms with Crippen LogP contribution < -0.4 is 4.74 Å². The number of benzene rings is 1. The van der Waals surface area contributed by atoms with Gasteiger partial charge in [-0.1, -0.05) is 6.07 Å². The molecule has 1 aromatic heterocycles. The van der Waals surface area contributed by atoms with Crippen LogP contribution in [-0.4, -0.2) is 21.6 Å². The number of carboxylic acid groups (broad SMARTS) is 1. The van der Waals surface area contributed by atoms with Crippen molar-refractivity contribution in [1.29, 1.82) is 0 Å². The van der Waals surface area contributed by atoms with Crippen molar-refractivity contribution >= 4 is 27.6 Å². The van der Waals surface area contributed by atoms with Crippen LogP contribution in [0, 0.1) is 13.8 Å². The quantitative estimate of drug-likeness (QED) is 0.911. The van der Waals surface area contributed by atoms with E-state index in [0.29, 0.717) is 5.88 Å². The van der Waals surface area contributed by atoms with Crippen molar-refractivity contribution in [2.24, 2.45) is 0 Å². The lowest BCUT2D eigenvalue weighted by Gasteiger charge is -2.08. The average Bonchev–Trinajstić information content (AvgIpc) is 2.60. The van der Waals surface area contributed by atoms with Crippen LogP contribution in [-0.2, 0) is 4.79 Å². The van der Waals surface area contributed by atoms with Crippen molar-refractivity contribution in [3.63, 3.8) is 0 Å². The van der Waals surface area contributed by atoms with E-state index in [1.54, 1.807) is 0 Å². The van der Waals surface area contributed by atoms with Gasteiger partial charge in [-0.25, -0.2) is 4.79 Å². The lowest BCUT2D eigenvalue weighted by Crippen LogP contribution is -2.23. The first-order valence-electron chi connectivity index (χ1n) is 5.25. The maximum atomic E-state index is 10.8. The van der Waals surface area contributed by atoms with Crippen molar-refractivity contribution in [1.82, 2.24) is 4.37 Å². The van der Waals surface area contributed by atoms with Gasteiger partial charge in [0, 0.05) is 0 Å². The fourth-order valence-electron chi connectivity index (χ4n) is 1.71. The molecule has 1 heterocycles. The first-order valence-corrected chi connectivity index (χ1v) is 6.02. The molecule has 0 bridgehead atoms. The van der Waals surface area contributed by atoms with Gasteiger partial charge in [-0.05, 0) is 49.5 Å². The molecule has 0 aliphatic carbocycles. The Kier molecular flexibility index (Phi) is 3.02. The molecule has 1 aromatic carbocycles. The third kappa shape index (κ3) is 2.24. The summed E-state index contributed by atoms with van der Waals surface area (Å²) in [6.45, 7) is 5.49. The van der Waals surface area contributed by atoms with Crippen LogP contribution in [0.5, 0.6) is 5.88 Å². The summed E-state index contributed by atoms with van der Waals surface area (Å²) in [4.78, 5) is 10.8. The van der Waals surface area contributed by atoms with Gasteiger partial charge in [0.15, 0.2) is 6.10 Å². The number of rotatable bonds is 3. The van der Waals surface area contributed by atoms with Crippen molar-refractivity contribution in [2.45, 2.75) is 26.9 Å². The lowest BCUT2D eigenvalue weighted by atomic mass is 10.1. The number of ether oxygens (including phenoxy) is 1. The van der Waals surface area contributed by atoms with E-state index in [-0.39, 0.29) is 0 Å². The van der Waals surface area contributed by atoms with E-state index in [1.165, 1.54) is 18.5 Å². The summed E-state index contributed by atoms with van der Waals surface area (Å²) in [5, 5.41) is 9.73. The van der Waals surface area contributed by atoms with E-state index >= 15 is 0 Å². The number of carboxylic acids is 1. The highest BCUT2D eigenvalue weighted by Gasteiger charge is 2.17. The van der Waals surface area contributed by atoms with E-state index < -0.39 is 12.1 Å². The molecule has 2 rings (SSSR count). The summed E-state index contributed by atoms with van der Waals surface area (Å²) < 4.78 is 10.5. The van der Waals surface area contributed by atoms with Gasteiger partial charge in [0.1, 0.15) is 0 Å². The average molecular weight is 251 g/mol. The number of hydrogen-bond donors (Lipinski definition) is 1. The molecule has 1 N–H and O–H groups in total. The van der Waals surface area contributed by atoms with Gasteiger partial charge in [-0.3, -0.25) is 0 Å². The van der Waals surface area contributed by atoms with Crippen molar-refractivity contribution in [3.8, 4) is 5.88 Å². The van der Waals surface area contributed by atoms with Crippen molar-refractivity contribution in [2.75, 3.05) is 0 Å². The predicted octanol–water partition coefficient (Wildman–Crippen LogP) is 2.77. The van der Waals surface area contributed by atoms with Crippen LogP contribution in [0.4, 0.5) is 0 Å². The minimum absolute atomic E-state index is 0.414. The van der Waals surface area contributed by atoms with E-state index in [1.807, 2.05) is 26.0 Å². The summed E-state index contributed by atoms with van der Waals surface area (Å²) in [5.41, 5.74) is 2.22. The summed E-state index contributed by atoms with van der Waals surface area (Å²) in [6, 6.07) is 4.06. The molecular weight excluding hydrogens is 238 g/mol. The van der Waals surface area contributed by atoms with Crippen LogP contribution in [0.1, 0.15) is 18.1 Å². The highest BCUT2D eigenvalue weighted by atomic mass is 32.1. The first-order chi connectivity index (χ1) is 7.99.